The summed E-state index contributed by atoms with van der Waals surface area (Å²) in [5.74, 6) is -0.183. The lowest BCUT2D eigenvalue weighted by Crippen LogP contribution is -2.11. The predicted molar refractivity (Wildman–Crippen MR) is 69.5 cm³/mol. The lowest BCUT2D eigenvalue weighted by atomic mass is 9.97. The largest absolute Gasteiger partial charge is 0.324 e. The molecule has 0 bridgehead atoms. The average Bonchev–Trinajstić information content (AvgIpc) is 2.17. The molecule has 0 aliphatic rings. The summed E-state index contributed by atoms with van der Waals surface area (Å²) in [6, 6.07) is 4.90. The Morgan fingerprint density at radius 2 is 2.00 bits per heavy atom. The standard InChI is InChI=1S/C13H20FN.ClH/c1-3-4-5-6-13(15)12-8-7-11(14)9-10(12)2;/h7-9,13H,3-6,15H2,1-2H3;1H/t13-;/m0./s1. The second kappa shape index (κ2) is 7.64. The van der Waals surface area contributed by atoms with Gasteiger partial charge in [-0.15, -0.1) is 12.4 Å². The number of rotatable bonds is 5. The molecular weight excluding hydrogens is 225 g/mol. The Morgan fingerprint density at radius 1 is 1.31 bits per heavy atom. The van der Waals surface area contributed by atoms with Gasteiger partial charge in [-0.25, -0.2) is 4.39 Å². The van der Waals surface area contributed by atoms with Crippen molar-refractivity contribution >= 4 is 12.4 Å². The molecule has 0 aromatic heterocycles. The number of nitrogens with two attached hydrogens (primary N) is 1. The van der Waals surface area contributed by atoms with Crippen molar-refractivity contribution in [1.82, 2.24) is 0 Å². The molecule has 0 radical (unpaired) electrons. The molecule has 1 nitrogen and oxygen atoms in total. The zero-order valence-corrected chi connectivity index (χ0v) is 10.8. The van der Waals surface area contributed by atoms with Crippen LogP contribution in [0.3, 0.4) is 0 Å². The summed E-state index contributed by atoms with van der Waals surface area (Å²) in [6.07, 6.45) is 4.55. The van der Waals surface area contributed by atoms with Crippen LogP contribution >= 0.6 is 12.4 Å². The van der Waals surface area contributed by atoms with Crippen LogP contribution in [0.4, 0.5) is 4.39 Å². The first-order chi connectivity index (χ1) is 7.15. The van der Waals surface area contributed by atoms with Crippen LogP contribution in [0.25, 0.3) is 0 Å². The third-order valence-corrected chi connectivity index (χ3v) is 2.75. The maximum Gasteiger partial charge on any atom is 0.123 e. The molecule has 16 heavy (non-hydrogen) atoms. The van der Waals surface area contributed by atoms with Gasteiger partial charge in [-0.05, 0) is 36.6 Å². The van der Waals surface area contributed by atoms with E-state index in [2.05, 4.69) is 6.92 Å². The normalized spacial score (nSPS) is 12.0. The van der Waals surface area contributed by atoms with Crippen molar-refractivity contribution in [3.05, 3.63) is 35.1 Å². The van der Waals surface area contributed by atoms with Crippen LogP contribution in [0.1, 0.15) is 49.8 Å². The van der Waals surface area contributed by atoms with Crippen LogP contribution in [0.5, 0.6) is 0 Å². The Morgan fingerprint density at radius 3 is 2.56 bits per heavy atom. The average molecular weight is 246 g/mol. The van der Waals surface area contributed by atoms with Crippen molar-refractivity contribution in [3.63, 3.8) is 0 Å². The van der Waals surface area contributed by atoms with Crippen molar-refractivity contribution < 1.29 is 4.39 Å². The number of hydrogen-bond acceptors (Lipinski definition) is 1. The summed E-state index contributed by atoms with van der Waals surface area (Å²) in [4.78, 5) is 0. The van der Waals surface area contributed by atoms with Crippen LogP contribution in [-0.4, -0.2) is 0 Å². The molecule has 2 N–H and O–H groups in total. The Kier molecular flexibility index (Phi) is 7.35. The van der Waals surface area contributed by atoms with Gasteiger partial charge in [-0.1, -0.05) is 32.3 Å². The third kappa shape index (κ3) is 4.50. The van der Waals surface area contributed by atoms with Gasteiger partial charge in [0.2, 0.25) is 0 Å². The summed E-state index contributed by atoms with van der Waals surface area (Å²) in [5.41, 5.74) is 8.10. The molecule has 0 aliphatic heterocycles. The number of hydrogen-bond donors (Lipinski definition) is 1. The van der Waals surface area contributed by atoms with Crippen LogP contribution in [-0.2, 0) is 0 Å². The second-order valence-corrected chi connectivity index (χ2v) is 4.10. The molecule has 1 aromatic carbocycles. The molecule has 92 valence electrons. The van der Waals surface area contributed by atoms with Gasteiger partial charge >= 0.3 is 0 Å². The highest BCUT2D eigenvalue weighted by Gasteiger charge is 2.08. The smallest absolute Gasteiger partial charge is 0.123 e. The fourth-order valence-corrected chi connectivity index (χ4v) is 1.82. The van der Waals surface area contributed by atoms with Gasteiger partial charge in [-0.3, -0.25) is 0 Å². The maximum atomic E-state index is 12.9. The van der Waals surface area contributed by atoms with Crippen molar-refractivity contribution in [3.8, 4) is 0 Å². The number of halogens is 2. The summed E-state index contributed by atoms with van der Waals surface area (Å²) in [5, 5.41) is 0. The van der Waals surface area contributed by atoms with E-state index in [1.165, 1.54) is 18.9 Å². The summed E-state index contributed by atoms with van der Waals surface area (Å²) >= 11 is 0. The zero-order chi connectivity index (χ0) is 11.3. The van der Waals surface area contributed by atoms with Gasteiger partial charge in [0, 0.05) is 6.04 Å². The number of benzene rings is 1. The number of unbranched alkanes of at least 4 members (excludes halogenated alkanes) is 2. The quantitative estimate of drug-likeness (QED) is 0.776. The van der Waals surface area contributed by atoms with Crippen molar-refractivity contribution in [2.24, 2.45) is 5.73 Å². The molecule has 0 unspecified atom stereocenters. The van der Waals surface area contributed by atoms with E-state index in [1.807, 2.05) is 6.92 Å². The van der Waals surface area contributed by atoms with Gasteiger partial charge in [0.25, 0.3) is 0 Å². The van der Waals surface area contributed by atoms with Crippen molar-refractivity contribution in [1.29, 1.82) is 0 Å². The molecule has 1 aromatic rings. The fourth-order valence-electron chi connectivity index (χ4n) is 1.82. The van der Waals surface area contributed by atoms with Gasteiger partial charge < -0.3 is 5.73 Å². The Hall–Kier alpha value is -0.600. The molecular formula is C13H21ClFN. The van der Waals surface area contributed by atoms with E-state index in [-0.39, 0.29) is 24.3 Å². The van der Waals surface area contributed by atoms with Crippen LogP contribution in [0.15, 0.2) is 18.2 Å². The van der Waals surface area contributed by atoms with Gasteiger partial charge in [-0.2, -0.15) is 0 Å². The van der Waals surface area contributed by atoms with E-state index >= 15 is 0 Å². The van der Waals surface area contributed by atoms with E-state index in [4.69, 9.17) is 5.73 Å². The van der Waals surface area contributed by atoms with Gasteiger partial charge in [0.15, 0.2) is 0 Å². The number of aryl methyl sites for hydroxylation is 1. The Balaban J connectivity index is 0.00000225. The molecule has 1 rings (SSSR count). The third-order valence-electron chi connectivity index (χ3n) is 2.75. The maximum absolute atomic E-state index is 12.9. The SMILES string of the molecule is CCCCC[C@H](N)c1ccc(F)cc1C.Cl. The summed E-state index contributed by atoms with van der Waals surface area (Å²) in [7, 11) is 0. The highest BCUT2D eigenvalue weighted by molar-refractivity contribution is 5.85. The molecule has 0 amide bonds. The highest BCUT2D eigenvalue weighted by Crippen LogP contribution is 2.21. The molecule has 0 heterocycles. The molecule has 0 spiro atoms. The lowest BCUT2D eigenvalue weighted by Gasteiger charge is -2.14. The highest BCUT2D eigenvalue weighted by atomic mass is 35.5. The van der Waals surface area contributed by atoms with E-state index in [9.17, 15) is 4.39 Å². The zero-order valence-electron chi connectivity index (χ0n) is 10.0. The lowest BCUT2D eigenvalue weighted by molar-refractivity contribution is 0.575. The van der Waals surface area contributed by atoms with E-state index in [0.29, 0.717) is 0 Å². The van der Waals surface area contributed by atoms with Crippen LogP contribution in [0, 0.1) is 12.7 Å². The minimum Gasteiger partial charge on any atom is -0.324 e. The van der Waals surface area contributed by atoms with Crippen LogP contribution in [0.2, 0.25) is 0 Å². The fraction of sp³-hybridized carbons (Fsp3) is 0.538. The predicted octanol–water partition coefficient (Wildman–Crippen LogP) is 4.14. The molecule has 0 saturated carbocycles. The first kappa shape index (κ1) is 15.4. The Bertz CT molecular complexity index is 315. The summed E-state index contributed by atoms with van der Waals surface area (Å²) in [6.45, 7) is 4.09. The minimum absolute atomic E-state index is 0. The van der Waals surface area contributed by atoms with Gasteiger partial charge in [0.05, 0.1) is 0 Å². The van der Waals surface area contributed by atoms with Gasteiger partial charge in [0.1, 0.15) is 5.82 Å². The van der Waals surface area contributed by atoms with E-state index in [0.717, 1.165) is 24.0 Å². The van der Waals surface area contributed by atoms with E-state index in [1.54, 1.807) is 12.1 Å². The molecule has 3 heteroatoms. The Labute approximate surface area is 104 Å². The molecule has 0 fully saturated rings. The van der Waals surface area contributed by atoms with Crippen molar-refractivity contribution in [2.75, 3.05) is 0 Å². The second-order valence-electron chi connectivity index (χ2n) is 4.10. The molecule has 0 aliphatic carbocycles. The first-order valence-electron chi connectivity index (χ1n) is 5.66. The molecule has 0 saturated heterocycles. The summed E-state index contributed by atoms with van der Waals surface area (Å²) < 4.78 is 12.9. The molecule has 1 atom stereocenters. The first-order valence-corrected chi connectivity index (χ1v) is 5.66. The minimum atomic E-state index is -0.183. The topological polar surface area (TPSA) is 26.0 Å². The van der Waals surface area contributed by atoms with Crippen molar-refractivity contribution in [2.45, 2.75) is 45.6 Å². The van der Waals surface area contributed by atoms with Crippen LogP contribution < -0.4 is 5.73 Å². The monoisotopic (exact) mass is 245 g/mol. The van der Waals surface area contributed by atoms with E-state index < -0.39 is 0 Å².